The zero-order chi connectivity index (χ0) is 14.6. The summed E-state index contributed by atoms with van der Waals surface area (Å²) in [5, 5.41) is 3.24. The predicted molar refractivity (Wildman–Crippen MR) is 90.1 cm³/mol. The van der Waals surface area contributed by atoms with Gasteiger partial charge in [0.1, 0.15) is 5.82 Å². The van der Waals surface area contributed by atoms with Crippen molar-refractivity contribution < 1.29 is 12.8 Å². The second-order valence-electron chi connectivity index (χ2n) is 4.90. The summed E-state index contributed by atoms with van der Waals surface area (Å²) >= 11 is 0. The summed E-state index contributed by atoms with van der Waals surface area (Å²) in [5.74, 6) is -0.505. The van der Waals surface area contributed by atoms with Crippen LogP contribution in [0, 0.1) is 12.7 Å². The molecule has 1 aliphatic heterocycles. The molecule has 0 aliphatic carbocycles. The van der Waals surface area contributed by atoms with Gasteiger partial charge in [-0.05, 0) is 24.6 Å². The van der Waals surface area contributed by atoms with E-state index in [1.165, 1.54) is 12.1 Å². The second kappa shape index (κ2) is 9.64. The fraction of sp³-hybridized carbons (Fsp3) is 0.538. The molecule has 1 aliphatic rings. The fourth-order valence-corrected chi connectivity index (χ4v) is 3.13. The summed E-state index contributed by atoms with van der Waals surface area (Å²) < 4.78 is 40.0. The minimum atomic E-state index is -3.63. The van der Waals surface area contributed by atoms with Crippen molar-refractivity contribution in [3.8, 4) is 0 Å². The first-order valence-corrected chi connectivity index (χ1v) is 8.16. The largest absolute Gasteiger partial charge is 0.314 e. The molecule has 22 heavy (non-hydrogen) atoms. The highest BCUT2D eigenvalue weighted by molar-refractivity contribution is 7.89. The Morgan fingerprint density at radius 3 is 2.50 bits per heavy atom. The molecule has 0 atom stereocenters. The first-order chi connectivity index (χ1) is 9.49. The molecule has 1 aromatic rings. The third kappa shape index (κ3) is 5.98. The highest BCUT2D eigenvalue weighted by Gasteiger charge is 2.16. The Hall–Kier alpha value is -0.440. The van der Waals surface area contributed by atoms with E-state index in [1.807, 2.05) is 0 Å². The van der Waals surface area contributed by atoms with Crippen LogP contribution in [-0.4, -0.2) is 52.6 Å². The number of sulfonamides is 1. The molecule has 1 aromatic carbocycles. The maximum Gasteiger partial charge on any atom is 0.240 e. The van der Waals surface area contributed by atoms with Gasteiger partial charge in [-0.3, -0.25) is 4.90 Å². The van der Waals surface area contributed by atoms with Gasteiger partial charge in [-0.15, -0.1) is 24.8 Å². The predicted octanol–water partition coefficient (Wildman–Crippen LogP) is 1.16. The van der Waals surface area contributed by atoms with Gasteiger partial charge in [-0.2, -0.15) is 0 Å². The third-order valence-corrected chi connectivity index (χ3v) is 4.84. The van der Waals surface area contributed by atoms with Gasteiger partial charge in [0.05, 0.1) is 4.90 Å². The van der Waals surface area contributed by atoms with Crippen LogP contribution in [0.1, 0.15) is 5.56 Å². The van der Waals surface area contributed by atoms with E-state index in [2.05, 4.69) is 14.9 Å². The number of halogens is 3. The lowest BCUT2D eigenvalue weighted by molar-refractivity contribution is 0.245. The van der Waals surface area contributed by atoms with Crippen molar-refractivity contribution in [3.63, 3.8) is 0 Å². The molecule has 1 saturated heterocycles. The third-order valence-electron chi connectivity index (χ3n) is 3.38. The number of benzene rings is 1. The average Bonchev–Trinajstić information content (AvgIpc) is 2.43. The first-order valence-electron chi connectivity index (χ1n) is 6.68. The lowest BCUT2D eigenvalue weighted by Gasteiger charge is -2.27. The van der Waals surface area contributed by atoms with E-state index in [1.54, 1.807) is 6.92 Å². The maximum absolute atomic E-state index is 13.4. The Morgan fingerprint density at radius 2 is 1.91 bits per heavy atom. The van der Waals surface area contributed by atoms with Crippen LogP contribution < -0.4 is 10.0 Å². The van der Waals surface area contributed by atoms with E-state index in [-0.39, 0.29) is 29.7 Å². The molecule has 2 N–H and O–H groups in total. The van der Waals surface area contributed by atoms with Crippen LogP contribution in [0.3, 0.4) is 0 Å². The quantitative estimate of drug-likeness (QED) is 0.812. The molecule has 128 valence electrons. The van der Waals surface area contributed by atoms with E-state index in [0.717, 1.165) is 32.2 Å². The van der Waals surface area contributed by atoms with E-state index in [0.29, 0.717) is 18.7 Å². The molecule has 1 heterocycles. The number of aryl methyl sites for hydroxylation is 1. The van der Waals surface area contributed by atoms with Crippen molar-refractivity contribution in [1.82, 2.24) is 14.9 Å². The average molecular weight is 374 g/mol. The summed E-state index contributed by atoms with van der Waals surface area (Å²) in [6, 6.07) is 3.95. The minimum absolute atomic E-state index is 0. The van der Waals surface area contributed by atoms with Crippen LogP contribution in [0.25, 0.3) is 0 Å². The van der Waals surface area contributed by atoms with E-state index in [9.17, 15) is 12.8 Å². The summed E-state index contributed by atoms with van der Waals surface area (Å²) in [4.78, 5) is 2.16. The van der Waals surface area contributed by atoms with Gasteiger partial charge in [0.15, 0.2) is 0 Å². The number of rotatable bonds is 5. The topological polar surface area (TPSA) is 61.4 Å². The Kier molecular flexibility index (Phi) is 9.45. The number of nitrogens with zero attached hydrogens (tertiary/aromatic N) is 1. The standard InChI is InChI=1S/C13H20FN3O2S.2ClH/c1-11-2-3-12(10-13(11)14)20(18,19)16-6-9-17-7-4-15-5-8-17;;/h2-3,10,15-16H,4-9H2,1H3;2*1H. The highest BCUT2D eigenvalue weighted by Crippen LogP contribution is 2.13. The molecule has 5 nitrogen and oxygen atoms in total. The minimum Gasteiger partial charge on any atom is -0.314 e. The number of hydrogen-bond donors (Lipinski definition) is 2. The molecule has 0 spiro atoms. The monoisotopic (exact) mass is 373 g/mol. The van der Waals surface area contributed by atoms with Gasteiger partial charge in [0.2, 0.25) is 10.0 Å². The summed E-state index contributed by atoms with van der Waals surface area (Å²) in [6.07, 6.45) is 0. The molecule has 2 rings (SSSR count). The lowest BCUT2D eigenvalue weighted by atomic mass is 10.2. The fourth-order valence-electron chi connectivity index (χ4n) is 2.10. The Labute approximate surface area is 143 Å². The Bertz CT molecular complexity index is 566. The van der Waals surface area contributed by atoms with Crippen molar-refractivity contribution in [2.24, 2.45) is 0 Å². The second-order valence-corrected chi connectivity index (χ2v) is 6.67. The molecule has 0 amide bonds. The van der Waals surface area contributed by atoms with Crippen molar-refractivity contribution in [2.45, 2.75) is 11.8 Å². The Morgan fingerprint density at radius 1 is 1.27 bits per heavy atom. The van der Waals surface area contributed by atoms with Gasteiger partial charge >= 0.3 is 0 Å². The molecule has 9 heteroatoms. The van der Waals surface area contributed by atoms with E-state index in [4.69, 9.17) is 0 Å². The van der Waals surface area contributed by atoms with Gasteiger partial charge in [-0.25, -0.2) is 17.5 Å². The molecule has 1 fully saturated rings. The van der Waals surface area contributed by atoms with Gasteiger partial charge in [-0.1, -0.05) is 6.07 Å². The van der Waals surface area contributed by atoms with Crippen LogP contribution in [0.4, 0.5) is 4.39 Å². The smallest absolute Gasteiger partial charge is 0.240 e. The van der Waals surface area contributed by atoms with Crippen LogP contribution in [0.15, 0.2) is 23.1 Å². The van der Waals surface area contributed by atoms with Crippen LogP contribution in [-0.2, 0) is 10.0 Å². The number of hydrogen-bond acceptors (Lipinski definition) is 4. The highest BCUT2D eigenvalue weighted by atomic mass is 35.5. The molecular weight excluding hydrogens is 352 g/mol. The zero-order valence-corrected chi connectivity index (χ0v) is 14.8. The first kappa shape index (κ1) is 21.6. The molecule has 0 saturated carbocycles. The van der Waals surface area contributed by atoms with Crippen molar-refractivity contribution in [3.05, 3.63) is 29.6 Å². The van der Waals surface area contributed by atoms with Gasteiger partial charge < -0.3 is 5.32 Å². The summed E-state index contributed by atoms with van der Waals surface area (Å²) in [6.45, 7) is 6.28. The normalized spacial score (nSPS) is 15.7. The summed E-state index contributed by atoms with van der Waals surface area (Å²) in [5.41, 5.74) is 0.435. The number of nitrogens with one attached hydrogen (secondary N) is 2. The van der Waals surface area contributed by atoms with E-state index >= 15 is 0 Å². The van der Waals surface area contributed by atoms with Crippen molar-refractivity contribution >= 4 is 34.8 Å². The van der Waals surface area contributed by atoms with Gasteiger partial charge in [0, 0.05) is 39.3 Å². The maximum atomic E-state index is 13.4. The summed E-state index contributed by atoms with van der Waals surface area (Å²) in [7, 11) is -3.63. The Balaban J connectivity index is 0.00000220. The number of piperazine rings is 1. The zero-order valence-electron chi connectivity index (χ0n) is 12.3. The van der Waals surface area contributed by atoms with Crippen molar-refractivity contribution in [2.75, 3.05) is 39.3 Å². The van der Waals surface area contributed by atoms with Crippen LogP contribution in [0.2, 0.25) is 0 Å². The van der Waals surface area contributed by atoms with E-state index < -0.39 is 15.8 Å². The van der Waals surface area contributed by atoms with Crippen molar-refractivity contribution in [1.29, 1.82) is 0 Å². The SMILES string of the molecule is Cc1ccc(S(=O)(=O)NCCN2CCNCC2)cc1F.Cl.Cl. The molecular formula is C13H22Cl2FN3O2S. The molecule has 0 unspecified atom stereocenters. The molecule has 0 aromatic heterocycles. The lowest BCUT2D eigenvalue weighted by Crippen LogP contribution is -2.46. The van der Waals surface area contributed by atoms with Crippen LogP contribution in [0.5, 0.6) is 0 Å². The van der Waals surface area contributed by atoms with Gasteiger partial charge in [0.25, 0.3) is 0 Å². The van der Waals surface area contributed by atoms with Crippen LogP contribution >= 0.6 is 24.8 Å². The molecule has 0 bridgehead atoms. The molecule has 0 radical (unpaired) electrons.